The quantitative estimate of drug-likeness (QED) is 0.844. The molecule has 1 fully saturated rings. The van der Waals surface area contributed by atoms with Gasteiger partial charge < -0.3 is 15.0 Å². The van der Waals surface area contributed by atoms with Crippen molar-refractivity contribution in [3.05, 3.63) is 16.3 Å². The molecule has 2 heterocycles. The molecule has 1 atom stereocenters. The smallest absolute Gasteiger partial charge is 0.264 e. The highest BCUT2D eigenvalue weighted by Crippen LogP contribution is 2.22. The minimum atomic E-state index is 0.113. The van der Waals surface area contributed by atoms with Gasteiger partial charge >= 0.3 is 0 Å². The van der Waals surface area contributed by atoms with Gasteiger partial charge in [-0.15, -0.1) is 11.3 Å². The van der Waals surface area contributed by atoms with E-state index in [0.717, 1.165) is 30.3 Å². The average molecular weight is 240 g/mol. The molecule has 1 aliphatic rings. The van der Waals surface area contributed by atoms with Crippen LogP contribution in [0.15, 0.2) is 11.4 Å². The average Bonchev–Trinajstić information content (AvgIpc) is 2.76. The lowest BCUT2D eigenvalue weighted by molar-refractivity contribution is 0.0714. The van der Waals surface area contributed by atoms with Crippen LogP contribution in [0.5, 0.6) is 5.75 Å². The number of rotatable bonds is 2. The van der Waals surface area contributed by atoms with Crippen molar-refractivity contribution < 1.29 is 9.53 Å². The SMILES string of the molecule is COc1csc(C(=O)N2CCNC(C)C2)c1. The van der Waals surface area contributed by atoms with Crippen LogP contribution in [0.1, 0.15) is 16.6 Å². The van der Waals surface area contributed by atoms with E-state index in [1.165, 1.54) is 11.3 Å². The van der Waals surface area contributed by atoms with E-state index in [-0.39, 0.29) is 5.91 Å². The Morgan fingerprint density at radius 3 is 3.12 bits per heavy atom. The Kier molecular flexibility index (Phi) is 3.46. The first kappa shape index (κ1) is 11.4. The summed E-state index contributed by atoms with van der Waals surface area (Å²) < 4.78 is 5.08. The van der Waals surface area contributed by atoms with Gasteiger partial charge in [0.05, 0.1) is 12.0 Å². The second-order valence-corrected chi connectivity index (χ2v) is 4.87. The third-order valence-corrected chi connectivity index (χ3v) is 3.57. The van der Waals surface area contributed by atoms with Crippen LogP contribution < -0.4 is 10.1 Å². The first-order valence-corrected chi connectivity index (χ1v) is 6.24. The summed E-state index contributed by atoms with van der Waals surface area (Å²) in [5, 5.41) is 5.18. The van der Waals surface area contributed by atoms with Gasteiger partial charge in [-0.25, -0.2) is 0 Å². The molecule has 0 aromatic carbocycles. The minimum Gasteiger partial charge on any atom is -0.496 e. The Balaban J connectivity index is 2.06. The highest BCUT2D eigenvalue weighted by atomic mass is 32.1. The molecule has 1 aromatic rings. The van der Waals surface area contributed by atoms with Gasteiger partial charge in [0.1, 0.15) is 5.75 Å². The summed E-state index contributed by atoms with van der Waals surface area (Å²) in [6.45, 7) is 4.52. The highest BCUT2D eigenvalue weighted by molar-refractivity contribution is 7.12. The third-order valence-electron chi connectivity index (χ3n) is 2.68. The van der Waals surface area contributed by atoms with Gasteiger partial charge in [0.2, 0.25) is 0 Å². The largest absolute Gasteiger partial charge is 0.496 e. The standard InChI is InChI=1S/C11H16N2O2S/c1-8-6-13(4-3-12-8)11(14)10-5-9(15-2)7-16-10/h5,7-8,12H,3-4,6H2,1-2H3. The molecule has 88 valence electrons. The summed E-state index contributed by atoms with van der Waals surface area (Å²) in [5.41, 5.74) is 0. The Morgan fingerprint density at radius 2 is 2.50 bits per heavy atom. The normalized spacial score (nSPS) is 20.9. The summed E-state index contributed by atoms with van der Waals surface area (Å²) in [7, 11) is 1.61. The topological polar surface area (TPSA) is 41.6 Å². The summed E-state index contributed by atoms with van der Waals surface area (Å²) in [4.78, 5) is 14.8. The molecule has 0 bridgehead atoms. The first-order valence-electron chi connectivity index (χ1n) is 5.36. The zero-order valence-corrected chi connectivity index (χ0v) is 10.3. The lowest BCUT2D eigenvalue weighted by atomic mass is 10.2. The van der Waals surface area contributed by atoms with Crippen molar-refractivity contribution in [3.8, 4) is 5.75 Å². The fraction of sp³-hybridized carbons (Fsp3) is 0.545. The van der Waals surface area contributed by atoms with Crippen molar-refractivity contribution in [1.82, 2.24) is 10.2 Å². The van der Waals surface area contributed by atoms with Crippen molar-refractivity contribution in [3.63, 3.8) is 0 Å². The number of hydrogen-bond donors (Lipinski definition) is 1. The lowest BCUT2D eigenvalue weighted by Gasteiger charge is -2.31. The van der Waals surface area contributed by atoms with Crippen LogP contribution in [0, 0.1) is 0 Å². The van der Waals surface area contributed by atoms with Crippen molar-refractivity contribution in [2.45, 2.75) is 13.0 Å². The molecule has 1 unspecified atom stereocenters. The monoisotopic (exact) mass is 240 g/mol. The van der Waals surface area contributed by atoms with Gasteiger partial charge in [-0.05, 0) is 6.92 Å². The highest BCUT2D eigenvalue weighted by Gasteiger charge is 2.22. The molecule has 0 aliphatic carbocycles. The summed E-state index contributed by atoms with van der Waals surface area (Å²) >= 11 is 1.44. The van der Waals surface area contributed by atoms with Crippen molar-refractivity contribution in [2.24, 2.45) is 0 Å². The number of carbonyl (C=O) groups is 1. The molecular formula is C11H16N2O2S. The van der Waals surface area contributed by atoms with Crippen LogP contribution in [0.25, 0.3) is 0 Å². The summed E-state index contributed by atoms with van der Waals surface area (Å²) in [6, 6.07) is 2.18. The second kappa shape index (κ2) is 4.84. The number of ether oxygens (including phenoxy) is 1. The van der Waals surface area contributed by atoms with Gasteiger partial charge in [0.25, 0.3) is 5.91 Å². The number of piperazine rings is 1. The molecule has 16 heavy (non-hydrogen) atoms. The summed E-state index contributed by atoms with van der Waals surface area (Å²) in [5.74, 6) is 0.873. The molecular weight excluding hydrogens is 224 g/mol. The maximum absolute atomic E-state index is 12.1. The number of hydrogen-bond acceptors (Lipinski definition) is 4. The second-order valence-electron chi connectivity index (χ2n) is 3.96. The minimum absolute atomic E-state index is 0.113. The van der Waals surface area contributed by atoms with E-state index in [1.807, 2.05) is 10.3 Å². The van der Waals surface area contributed by atoms with Crippen LogP contribution >= 0.6 is 11.3 Å². The zero-order chi connectivity index (χ0) is 11.5. The van der Waals surface area contributed by atoms with E-state index in [9.17, 15) is 4.79 Å². The molecule has 2 rings (SSSR count). The Hall–Kier alpha value is -1.07. The molecule has 1 saturated heterocycles. The number of methoxy groups -OCH3 is 1. The van der Waals surface area contributed by atoms with Crippen LogP contribution in [0.4, 0.5) is 0 Å². The number of nitrogens with one attached hydrogen (secondary N) is 1. The van der Waals surface area contributed by atoms with E-state index < -0.39 is 0 Å². The van der Waals surface area contributed by atoms with E-state index in [4.69, 9.17) is 4.74 Å². The molecule has 4 nitrogen and oxygen atoms in total. The zero-order valence-electron chi connectivity index (χ0n) is 9.53. The van der Waals surface area contributed by atoms with Crippen LogP contribution in [-0.2, 0) is 0 Å². The Morgan fingerprint density at radius 1 is 1.69 bits per heavy atom. The van der Waals surface area contributed by atoms with Gasteiger partial charge in [-0.2, -0.15) is 0 Å². The van der Waals surface area contributed by atoms with Crippen molar-refractivity contribution in [1.29, 1.82) is 0 Å². The van der Waals surface area contributed by atoms with E-state index >= 15 is 0 Å². The Bertz CT molecular complexity index is 378. The Labute approximate surface area is 99.2 Å². The maximum Gasteiger partial charge on any atom is 0.264 e. The first-order chi connectivity index (χ1) is 7.70. The van der Waals surface area contributed by atoms with Gasteiger partial charge in [0.15, 0.2) is 0 Å². The molecule has 1 amide bonds. The van der Waals surface area contributed by atoms with Gasteiger partial charge in [0, 0.05) is 37.1 Å². The molecule has 0 radical (unpaired) electrons. The molecule has 1 aliphatic heterocycles. The molecule has 1 aromatic heterocycles. The molecule has 1 N–H and O–H groups in total. The van der Waals surface area contributed by atoms with Crippen LogP contribution in [0.3, 0.4) is 0 Å². The fourth-order valence-corrected chi connectivity index (χ4v) is 2.63. The van der Waals surface area contributed by atoms with E-state index in [2.05, 4.69) is 12.2 Å². The predicted octanol–water partition coefficient (Wildman–Crippen LogP) is 1.19. The number of nitrogens with zero attached hydrogens (tertiary/aromatic N) is 1. The maximum atomic E-state index is 12.1. The fourth-order valence-electron chi connectivity index (χ4n) is 1.81. The van der Waals surface area contributed by atoms with E-state index in [0.29, 0.717) is 6.04 Å². The number of thiophene rings is 1. The van der Waals surface area contributed by atoms with Crippen molar-refractivity contribution in [2.75, 3.05) is 26.7 Å². The lowest BCUT2D eigenvalue weighted by Crippen LogP contribution is -2.51. The van der Waals surface area contributed by atoms with Crippen LogP contribution in [0.2, 0.25) is 0 Å². The van der Waals surface area contributed by atoms with Gasteiger partial charge in [-0.1, -0.05) is 0 Å². The summed E-state index contributed by atoms with van der Waals surface area (Å²) in [6.07, 6.45) is 0. The molecule has 0 spiro atoms. The van der Waals surface area contributed by atoms with Crippen LogP contribution in [-0.4, -0.2) is 43.6 Å². The molecule has 0 saturated carbocycles. The van der Waals surface area contributed by atoms with E-state index in [1.54, 1.807) is 13.2 Å². The van der Waals surface area contributed by atoms with Gasteiger partial charge in [-0.3, -0.25) is 4.79 Å². The number of carbonyl (C=O) groups excluding carboxylic acids is 1. The third kappa shape index (κ3) is 2.36. The molecule has 5 heteroatoms. The predicted molar refractivity (Wildman–Crippen MR) is 64.2 cm³/mol. The van der Waals surface area contributed by atoms with Crippen molar-refractivity contribution >= 4 is 17.2 Å². The number of amides is 1.